The Balaban J connectivity index is 2.26. The third kappa shape index (κ3) is 2.69. The summed E-state index contributed by atoms with van der Waals surface area (Å²) in [5, 5.41) is 18.1. The van der Waals surface area contributed by atoms with Gasteiger partial charge in [-0.2, -0.15) is 5.10 Å². The molecule has 1 heterocycles. The van der Waals surface area contributed by atoms with Gasteiger partial charge in [0.2, 0.25) is 0 Å². The predicted octanol–water partition coefficient (Wildman–Crippen LogP) is 4.16. The molecule has 1 N–H and O–H groups in total. The van der Waals surface area contributed by atoms with Gasteiger partial charge in [0.05, 0.1) is 11.8 Å². The lowest BCUT2D eigenvalue weighted by Crippen LogP contribution is -2.06. The summed E-state index contributed by atoms with van der Waals surface area (Å²) in [6, 6.07) is 16.2. The Kier molecular flexibility index (Phi) is 3.85. The van der Waals surface area contributed by atoms with Gasteiger partial charge < -0.3 is 5.11 Å². The average Bonchev–Trinajstić information content (AvgIpc) is 2.55. The lowest BCUT2D eigenvalue weighted by Gasteiger charge is -2.10. The van der Waals surface area contributed by atoms with Crippen molar-refractivity contribution in [1.29, 1.82) is 0 Å². The SMILES string of the molecule is O=C(O)c1c(-c2ccccc2)cnnc1-c1cccc(Cl)c1. The maximum Gasteiger partial charge on any atom is 0.338 e. The molecule has 0 aliphatic heterocycles. The standard InChI is InChI=1S/C17H11ClN2O2/c18-13-8-4-7-12(9-13)16-15(17(21)22)14(10-19-20-16)11-5-2-1-3-6-11/h1-10H,(H,21,22). The van der Waals surface area contributed by atoms with E-state index < -0.39 is 5.97 Å². The summed E-state index contributed by atoms with van der Waals surface area (Å²) < 4.78 is 0. The number of aromatic nitrogens is 2. The summed E-state index contributed by atoms with van der Waals surface area (Å²) >= 11 is 5.99. The largest absolute Gasteiger partial charge is 0.478 e. The molecule has 2 aromatic carbocycles. The average molecular weight is 311 g/mol. The molecule has 3 aromatic rings. The highest BCUT2D eigenvalue weighted by Crippen LogP contribution is 2.30. The van der Waals surface area contributed by atoms with Gasteiger partial charge >= 0.3 is 5.97 Å². The predicted molar refractivity (Wildman–Crippen MR) is 84.9 cm³/mol. The van der Waals surface area contributed by atoms with Crippen molar-refractivity contribution in [2.24, 2.45) is 0 Å². The van der Waals surface area contributed by atoms with Gasteiger partial charge in [-0.25, -0.2) is 4.79 Å². The maximum atomic E-state index is 11.8. The van der Waals surface area contributed by atoms with Crippen molar-refractivity contribution in [2.45, 2.75) is 0 Å². The van der Waals surface area contributed by atoms with Crippen LogP contribution in [-0.2, 0) is 0 Å². The van der Waals surface area contributed by atoms with E-state index in [0.29, 0.717) is 21.8 Å². The van der Waals surface area contributed by atoms with Gasteiger partial charge in [-0.1, -0.05) is 54.1 Å². The van der Waals surface area contributed by atoms with Crippen LogP contribution in [0.1, 0.15) is 10.4 Å². The van der Waals surface area contributed by atoms with E-state index in [1.165, 1.54) is 6.20 Å². The first-order valence-electron chi connectivity index (χ1n) is 6.57. The molecule has 0 spiro atoms. The molecule has 0 fully saturated rings. The summed E-state index contributed by atoms with van der Waals surface area (Å²) in [6.45, 7) is 0. The zero-order valence-electron chi connectivity index (χ0n) is 11.4. The summed E-state index contributed by atoms with van der Waals surface area (Å²) in [6.07, 6.45) is 1.47. The van der Waals surface area contributed by atoms with Crippen molar-refractivity contribution in [2.75, 3.05) is 0 Å². The van der Waals surface area contributed by atoms with Gasteiger partial charge in [0.1, 0.15) is 5.69 Å². The zero-order chi connectivity index (χ0) is 15.5. The Labute approximate surface area is 132 Å². The van der Waals surface area contributed by atoms with E-state index in [2.05, 4.69) is 10.2 Å². The van der Waals surface area contributed by atoms with Crippen LogP contribution < -0.4 is 0 Å². The van der Waals surface area contributed by atoms with Gasteiger partial charge in [-0.15, -0.1) is 5.10 Å². The number of benzene rings is 2. The molecule has 5 heteroatoms. The number of aromatic carboxylic acids is 1. The first kappa shape index (κ1) is 14.2. The second kappa shape index (κ2) is 5.95. The van der Waals surface area contributed by atoms with Crippen LogP contribution >= 0.6 is 11.6 Å². The van der Waals surface area contributed by atoms with Crippen molar-refractivity contribution in [3.8, 4) is 22.4 Å². The summed E-state index contributed by atoms with van der Waals surface area (Å²) in [4.78, 5) is 11.8. The van der Waals surface area contributed by atoms with E-state index in [1.807, 2.05) is 30.3 Å². The minimum atomic E-state index is -1.05. The third-order valence-corrected chi connectivity index (χ3v) is 3.48. The fourth-order valence-corrected chi connectivity index (χ4v) is 2.47. The molecular formula is C17H11ClN2O2. The topological polar surface area (TPSA) is 63.1 Å². The number of carbonyl (C=O) groups is 1. The van der Waals surface area contributed by atoms with Gasteiger partial charge in [0.15, 0.2) is 0 Å². The van der Waals surface area contributed by atoms with Crippen LogP contribution in [0.25, 0.3) is 22.4 Å². The van der Waals surface area contributed by atoms with E-state index in [9.17, 15) is 9.90 Å². The number of nitrogens with zero attached hydrogens (tertiary/aromatic N) is 2. The number of carboxylic acid groups (broad SMARTS) is 1. The van der Waals surface area contributed by atoms with Crippen LogP contribution in [0.2, 0.25) is 5.02 Å². The van der Waals surface area contributed by atoms with Gasteiger partial charge in [-0.3, -0.25) is 0 Å². The minimum absolute atomic E-state index is 0.114. The van der Waals surface area contributed by atoms with Crippen molar-refractivity contribution < 1.29 is 9.90 Å². The normalized spacial score (nSPS) is 10.4. The zero-order valence-corrected chi connectivity index (χ0v) is 12.2. The summed E-state index contributed by atoms with van der Waals surface area (Å²) in [5.74, 6) is -1.05. The van der Waals surface area contributed by atoms with Crippen LogP contribution in [0.5, 0.6) is 0 Å². The molecule has 0 aliphatic rings. The molecule has 1 aromatic heterocycles. The Morgan fingerprint density at radius 3 is 2.41 bits per heavy atom. The number of halogens is 1. The highest BCUT2D eigenvalue weighted by atomic mass is 35.5. The molecule has 0 bridgehead atoms. The first-order chi connectivity index (χ1) is 10.7. The van der Waals surface area contributed by atoms with Gasteiger partial charge in [-0.05, 0) is 17.7 Å². The molecule has 4 nitrogen and oxygen atoms in total. The molecule has 0 atom stereocenters. The fourth-order valence-electron chi connectivity index (χ4n) is 2.28. The van der Waals surface area contributed by atoms with Crippen molar-refractivity contribution in [3.63, 3.8) is 0 Å². The highest BCUT2D eigenvalue weighted by molar-refractivity contribution is 6.30. The molecular weight excluding hydrogens is 300 g/mol. The first-order valence-corrected chi connectivity index (χ1v) is 6.95. The second-order valence-electron chi connectivity index (χ2n) is 4.66. The molecule has 0 aliphatic carbocycles. The fraction of sp³-hybridized carbons (Fsp3) is 0. The van der Waals surface area contributed by atoms with E-state index >= 15 is 0 Å². The summed E-state index contributed by atoms with van der Waals surface area (Å²) in [5.41, 5.74) is 2.34. The van der Waals surface area contributed by atoms with E-state index in [0.717, 1.165) is 5.56 Å². The number of carboxylic acids is 1. The monoisotopic (exact) mass is 310 g/mol. The second-order valence-corrected chi connectivity index (χ2v) is 5.10. The Morgan fingerprint density at radius 2 is 1.73 bits per heavy atom. The maximum absolute atomic E-state index is 11.8. The Hall–Kier alpha value is -2.72. The minimum Gasteiger partial charge on any atom is -0.478 e. The molecule has 0 saturated heterocycles. The Bertz CT molecular complexity index is 835. The lowest BCUT2D eigenvalue weighted by atomic mass is 9.97. The van der Waals surface area contributed by atoms with Crippen molar-refractivity contribution in [3.05, 3.63) is 71.4 Å². The lowest BCUT2D eigenvalue weighted by molar-refractivity contribution is 0.0698. The van der Waals surface area contributed by atoms with Crippen molar-refractivity contribution in [1.82, 2.24) is 10.2 Å². The highest BCUT2D eigenvalue weighted by Gasteiger charge is 2.20. The molecule has 108 valence electrons. The smallest absolute Gasteiger partial charge is 0.338 e. The molecule has 0 unspecified atom stereocenters. The molecule has 3 rings (SSSR count). The van der Waals surface area contributed by atoms with Crippen LogP contribution in [0.4, 0.5) is 0 Å². The van der Waals surface area contributed by atoms with Gasteiger partial charge in [0, 0.05) is 16.1 Å². The molecule has 22 heavy (non-hydrogen) atoms. The van der Waals surface area contributed by atoms with E-state index in [1.54, 1.807) is 24.3 Å². The number of hydrogen-bond acceptors (Lipinski definition) is 3. The van der Waals surface area contributed by atoms with Crippen LogP contribution in [0.15, 0.2) is 60.8 Å². The molecule has 0 saturated carbocycles. The third-order valence-electron chi connectivity index (χ3n) is 3.25. The van der Waals surface area contributed by atoms with Crippen molar-refractivity contribution >= 4 is 17.6 Å². The Morgan fingerprint density at radius 1 is 1.00 bits per heavy atom. The van der Waals surface area contributed by atoms with Crippen LogP contribution in [0.3, 0.4) is 0 Å². The van der Waals surface area contributed by atoms with E-state index in [4.69, 9.17) is 11.6 Å². The summed E-state index contributed by atoms with van der Waals surface area (Å²) in [7, 11) is 0. The molecule has 0 radical (unpaired) electrons. The van der Waals surface area contributed by atoms with E-state index in [-0.39, 0.29) is 5.56 Å². The molecule has 0 amide bonds. The number of hydrogen-bond donors (Lipinski definition) is 1. The van der Waals surface area contributed by atoms with Gasteiger partial charge in [0.25, 0.3) is 0 Å². The number of rotatable bonds is 3. The van der Waals surface area contributed by atoms with Crippen LogP contribution in [-0.4, -0.2) is 21.3 Å². The quantitative estimate of drug-likeness (QED) is 0.789. The van der Waals surface area contributed by atoms with Crippen LogP contribution in [0, 0.1) is 0 Å².